The zero-order chi connectivity index (χ0) is 15.7. The second-order valence-corrected chi connectivity index (χ2v) is 6.23. The third-order valence-electron chi connectivity index (χ3n) is 4.12. The molecule has 1 aromatic carbocycles. The van der Waals surface area contributed by atoms with Gasteiger partial charge >= 0.3 is 0 Å². The van der Waals surface area contributed by atoms with Crippen molar-refractivity contribution >= 4 is 23.0 Å². The van der Waals surface area contributed by atoms with Gasteiger partial charge in [-0.25, -0.2) is 0 Å². The Kier molecular flexibility index (Phi) is 4.11. The van der Waals surface area contributed by atoms with E-state index < -0.39 is 0 Å². The Morgan fingerprint density at radius 3 is 2.77 bits per heavy atom. The van der Waals surface area contributed by atoms with Crippen LogP contribution < -0.4 is 5.32 Å². The molecule has 2 heterocycles. The van der Waals surface area contributed by atoms with Crippen LogP contribution in [0.5, 0.6) is 0 Å². The van der Waals surface area contributed by atoms with Crippen molar-refractivity contribution in [3.8, 4) is 0 Å². The van der Waals surface area contributed by atoms with Gasteiger partial charge in [0.05, 0.1) is 6.54 Å². The van der Waals surface area contributed by atoms with Crippen LogP contribution in [-0.2, 0) is 19.5 Å². The van der Waals surface area contributed by atoms with E-state index in [1.807, 2.05) is 11.9 Å². The minimum absolute atomic E-state index is 0.670. The fraction of sp³-hybridized carbons (Fsp3) is 0.438. The smallest absolute Gasteiger partial charge is 0.173 e. The predicted molar refractivity (Wildman–Crippen MR) is 91.9 cm³/mol. The first-order valence-corrected chi connectivity index (χ1v) is 7.96. The molecule has 1 aliphatic rings. The van der Waals surface area contributed by atoms with E-state index in [2.05, 4.69) is 52.1 Å². The molecule has 1 aliphatic heterocycles. The van der Waals surface area contributed by atoms with Crippen LogP contribution in [-0.4, -0.2) is 31.8 Å². The van der Waals surface area contributed by atoms with Gasteiger partial charge in [-0.3, -0.25) is 0 Å². The summed E-state index contributed by atoms with van der Waals surface area (Å²) >= 11 is 5.54. The van der Waals surface area contributed by atoms with Gasteiger partial charge in [0.15, 0.2) is 10.9 Å². The van der Waals surface area contributed by atoms with Crippen LogP contribution in [0, 0.1) is 13.8 Å². The van der Waals surface area contributed by atoms with Crippen molar-refractivity contribution in [1.29, 1.82) is 0 Å². The maximum Gasteiger partial charge on any atom is 0.173 e. The fourth-order valence-electron chi connectivity index (χ4n) is 2.83. The molecule has 0 spiro atoms. The van der Waals surface area contributed by atoms with Crippen LogP contribution >= 0.6 is 12.2 Å². The van der Waals surface area contributed by atoms with Crippen molar-refractivity contribution in [2.45, 2.75) is 39.8 Å². The first kappa shape index (κ1) is 15.0. The Labute approximate surface area is 136 Å². The van der Waals surface area contributed by atoms with Crippen LogP contribution in [0.1, 0.15) is 29.2 Å². The highest BCUT2D eigenvalue weighted by Gasteiger charge is 2.19. The SMILES string of the molecule is Cc1cccc(C)c1NC(=S)N(C)Cc1nnc2n1CCC2. The highest BCUT2D eigenvalue weighted by atomic mass is 32.1. The topological polar surface area (TPSA) is 46.0 Å². The number of nitrogens with zero attached hydrogens (tertiary/aromatic N) is 4. The fourth-order valence-corrected chi connectivity index (χ4v) is 2.99. The van der Waals surface area contributed by atoms with Crippen LogP contribution in [0.4, 0.5) is 5.69 Å². The number of aryl methyl sites for hydroxylation is 3. The summed E-state index contributed by atoms with van der Waals surface area (Å²) in [6.07, 6.45) is 2.19. The Balaban J connectivity index is 1.69. The Bertz CT molecular complexity index is 686. The number of aromatic nitrogens is 3. The number of hydrogen-bond acceptors (Lipinski definition) is 3. The molecular formula is C16H21N5S. The quantitative estimate of drug-likeness (QED) is 0.882. The average molecular weight is 315 g/mol. The minimum atomic E-state index is 0.670. The summed E-state index contributed by atoms with van der Waals surface area (Å²) in [6.45, 7) is 5.86. The van der Waals surface area contributed by atoms with Crippen molar-refractivity contribution in [3.05, 3.63) is 41.0 Å². The third-order valence-corrected chi connectivity index (χ3v) is 4.54. The van der Waals surface area contributed by atoms with Gasteiger partial charge in [-0.1, -0.05) is 18.2 Å². The van der Waals surface area contributed by atoms with E-state index in [0.29, 0.717) is 11.7 Å². The lowest BCUT2D eigenvalue weighted by Gasteiger charge is -2.22. The second kappa shape index (κ2) is 6.04. The van der Waals surface area contributed by atoms with Gasteiger partial charge < -0.3 is 14.8 Å². The summed E-state index contributed by atoms with van der Waals surface area (Å²) in [6, 6.07) is 6.23. The lowest BCUT2D eigenvalue weighted by molar-refractivity contribution is 0.473. The maximum absolute atomic E-state index is 5.54. The molecule has 1 N–H and O–H groups in total. The summed E-state index contributed by atoms with van der Waals surface area (Å²) in [5.41, 5.74) is 3.48. The Morgan fingerprint density at radius 2 is 2.05 bits per heavy atom. The van der Waals surface area contributed by atoms with Crippen molar-refractivity contribution in [1.82, 2.24) is 19.7 Å². The number of nitrogens with one attached hydrogen (secondary N) is 1. The number of thiocarbonyl (C=S) groups is 1. The second-order valence-electron chi connectivity index (χ2n) is 5.84. The molecule has 116 valence electrons. The Hall–Kier alpha value is -1.95. The van der Waals surface area contributed by atoms with Gasteiger partial charge in [0, 0.05) is 25.7 Å². The molecule has 0 amide bonds. The summed E-state index contributed by atoms with van der Waals surface area (Å²) in [5.74, 6) is 2.08. The first-order chi connectivity index (χ1) is 10.6. The molecule has 0 bridgehead atoms. The van der Waals surface area contributed by atoms with Crippen LogP contribution in [0.2, 0.25) is 0 Å². The van der Waals surface area contributed by atoms with E-state index in [1.165, 1.54) is 11.1 Å². The molecule has 3 rings (SSSR count). The van der Waals surface area contributed by atoms with Crippen LogP contribution in [0.15, 0.2) is 18.2 Å². The number of benzene rings is 1. The first-order valence-electron chi connectivity index (χ1n) is 7.55. The maximum atomic E-state index is 5.54. The van der Waals surface area contributed by atoms with Gasteiger partial charge in [0.2, 0.25) is 0 Å². The minimum Gasteiger partial charge on any atom is -0.345 e. The van der Waals surface area contributed by atoms with E-state index in [4.69, 9.17) is 12.2 Å². The molecule has 0 atom stereocenters. The largest absolute Gasteiger partial charge is 0.345 e. The van der Waals surface area contributed by atoms with Crippen molar-refractivity contribution in [2.75, 3.05) is 12.4 Å². The highest BCUT2D eigenvalue weighted by molar-refractivity contribution is 7.80. The van der Waals surface area contributed by atoms with Gasteiger partial charge in [0.1, 0.15) is 5.82 Å². The predicted octanol–water partition coefficient (Wildman–Crippen LogP) is 2.67. The van der Waals surface area contributed by atoms with E-state index in [0.717, 1.165) is 36.7 Å². The van der Waals surface area contributed by atoms with Crippen molar-refractivity contribution in [3.63, 3.8) is 0 Å². The molecule has 2 aromatic rings. The molecule has 22 heavy (non-hydrogen) atoms. The standard InChI is InChI=1S/C16H21N5S/c1-11-6-4-7-12(2)15(11)17-16(22)20(3)10-14-19-18-13-8-5-9-21(13)14/h4,6-7H,5,8-10H2,1-3H3,(H,17,22). The van der Waals surface area contributed by atoms with Crippen LogP contribution in [0.25, 0.3) is 0 Å². The number of para-hydroxylation sites is 1. The molecule has 5 nitrogen and oxygen atoms in total. The summed E-state index contributed by atoms with van der Waals surface area (Å²) in [7, 11) is 1.99. The molecule has 0 unspecified atom stereocenters. The average Bonchev–Trinajstić information content (AvgIpc) is 3.08. The highest BCUT2D eigenvalue weighted by Crippen LogP contribution is 2.20. The van der Waals surface area contributed by atoms with E-state index in [9.17, 15) is 0 Å². The van der Waals surface area contributed by atoms with Gasteiger partial charge in [0.25, 0.3) is 0 Å². The number of fused-ring (bicyclic) bond motifs is 1. The number of hydrogen-bond donors (Lipinski definition) is 1. The van der Waals surface area contributed by atoms with Crippen molar-refractivity contribution < 1.29 is 0 Å². The lowest BCUT2D eigenvalue weighted by Crippen LogP contribution is -2.32. The zero-order valence-electron chi connectivity index (χ0n) is 13.3. The Morgan fingerprint density at radius 1 is 1.32 bits per heavy atom. The summed E-state index contributed by atoms with van der Waals surface area (Å²) in [4.78, 5) is 2.01. The number of rotatable bonds is 3. The van der Waals surface area contributed by atoms with Gasteiger partial charge in [-0.05, 0) is 43.6 Å². The van der Waals surface area contributed by atoms with Crippen molar-refractivity contribution in [2.24, 2.45) is 0 Å². The summed E-state index contributed by atoms with van der Waals surface area (Å²) in [5, 5.41) is 12.6. The normalized spacial score (nSPS) is 13.0. The number of anilines is 1. The van der Waals surface area contributed by atoms with Crippen LogP contribution in [0.3, 0.4) is 0 Å². The van der Waals surface area contributed by atoms with E-state index in [1.54, 1.807) is 0 Å². The molecule has 1 aromatic heterocycles. The molecule has 0 saturated carbocycles. The summed E-state index contributed by atoms with van der Waals surface area (Å²) < 4.78 is 2.21. The van der Waals surface area contributed by atoms with E-state index >= 15 is 0 Å². The monoisotopic (exact) mass is 315 g/mol. The van der Waals surface area contributed by atoms with E-state index in [-0.39, 0.29) is 0 Å². The zero-order valence-corrected chi connectivity index (χ0v) is 14.1. The molecular weight excluding hydrogens is 294 g/mol. The molecule has 0 saturated heterocycles. The molecule has 0 fully saturated rings. The molecule has 0 aliphatic carbocycles. The lowest BCUT2D eigenvalue weighted by atomic mass is 10.1. The van der Waals surface area contributed by atoms with Gasteiger partial charge in [-0.15, -0.1) is 10.2 Å². The third kappa shape index (κ3) is 2.83. The van der Waals surface area contributed by atoms with Gasteiger partial charge in [-0.2, -0.15) is 0 Å². The molecule has 0 radical (unpaired) electrons. The molecule has 6 heteroatoms.